The molecule has 0 radical (unpaired) electrons. The Morgan fingerprint density at radius 1 is 1.46 bits per heavy atom. The summed E-state index contributed by atoms with van der Waals surface area (Å²) in [5.74, 6) is 0.617. The van der Waals surface area contributed by atoms with E-state index in [0.717, 1.165) is 38.5 Å². The van der Waals surface area contributed by atoms with Gasteiger partial charge in [-0.2, -0.15) is 13.2 Å². The van der Waals surface area contributed by atoms with Gasteiger partial charge in [-0.15, -0.1) is 6.58 Å². The first-order chi connectivity index (χ1) is 13.3. The first kappa shape index (κ1) is 22.3. The number of ether oxygens (including phenoxy) is 1. The van der Waals surface area contributed by atoms with Gasteiger partial charge in [-0.25, -0.2) is 4.98 Å². The lowest BCUT2D eigenvalue weighted by Gasteiger charge is -2.32. The van der Waals surface area contributed by atoms with Crippen molar-refractivity contribution in [3.8, 4) is 5.88 Å². The van der Waals surface area contributed by atoms with E-state index in [1.165, 1.54) is 0 Å². The number of rotatable bonds is 7. The minimum atomic E-state index is -4.49. The molecule has 0 bridgehead atoms. The van der Waals surface area contributed by atoms with Crippen molar-refractivity contribution in [1.82, 2.24) is 20.5 Å². The SMILES string of the molecule is C=CCN1CCC(NC(=NC)NCCOc2ncc(C(F)(F)F)cc2Cl)CC1. The van der Waals surface area contributed by atoms with Crippen LogP contribution >= 0.6 is 11.6 Å². The number of guanidine groups is 1. The first-order valence-corrected chi connectivity index (χ1v) is 9.37. The lowest BCUT2D eigenvalue weighted by atomic mass is 10.1. The number of piperidine rings is 1. The zero-order chi connectivity index (χ0) is 20.6. The van der Waals surface area contributed by atoms with Gasteiger partial charge in [-0.3, -0.25) is 9.89 Å². The summed E-state index contributed by atoms with van der Waals surface area (Å²) < 4.78 is 43.2. The summed E-state index contributed by atoms with van der Waals surface area (Å²) in [6.07, 6.45) is 0.142. The quantitative estimate of drug-likeness (QED) is 0.308. The fraction of sp³-hybridized carbons (Fsp3) is 0.556. The molecule has 1 aromatic heterocycles. The highest BCUT2D eigenvalue weighted by atomic mass is 35.5. The Bertz CT molecular complexity index is 676. The van der Waals surface area contributed by atoms with E-state index >= 15 is 0 Å². The molecule has 0 saturated carbocycles. The number of hydrogen-bond acceptors (Lipinski definition) is 4. The first-order valence-electron chi connectivity index (χ1n) is 8.99. The van der Waals surface area contributed by atoms with E-state index in [0.29, 0.717) is 24.7 Å². The molecule has 1 fully saturated rings. The van der Waals surface area contributed by atoms with Crippen molar-refractivity contribution in [2.45, 2.75) is 25.1 Å². The molecule has 2 N–H and O–H groups in total. The molecular weight excluding hydrogens is 395 g/mol. The van der Waals surface area contributed by atoms with Gasteiger partial charge in [0.05, 0.1) is 12.1 Å². The summed E-state index contributed by atoms with van der Waals surface area (Å²) in [4.78, 5) is 10.2. The second kappa shape index (κ2) is 10.5. The fourth-order valence-corrected chi connectivity index (χ4v) is 3.06. The summed E-state index contributed by atoms with van der Waals surface area (Å²) in [6, 6.07) is 1.13. The van der Waals surface area contributed by atoms with E-state index < -0.39 is 11.7 Å². The number of alkyl halides is 3. The molecule has 28 heavy (non-hydrogen) atoms. The molecule has 0 spiro atoms. The highest BCUT2D eigenvalue weighted by Crippen LogP contribution is 2.32. The molecule has 10 heteroatoms. The maximum absolute atomic E-state index is 12.6. The maximum atomic E-state index is 12.6. The second-order valence-corrected chi connectivity index (χ2v) is 6.77. The summed E-state index contributed by atoms with van der Waals surface area (Å²) in [7, 11) is 1.68. The highest BCUT2D eigenvalue weighted by Gasteiger charge is 2.31. The zero-order valence-electron chi connectivity index (χ0n) is 15.7. The van der Waals surface area contributed by atoms with E-state index in [4.69, 9.17) is 16.3 Å². The van der Waals surface area contributed by atoms with Gasteiger partial charge in [-0.05, 0) is 18.9 Å². The van der Waals surface area contributed by atoms with Gasteiger partial charge >= 0.3 is 6.18 Å². The summed E-state index contributed by atoms with van der Waals surface area (Å²) >= 11 is 5.81. The number of aromatic nitrogens is 1. The van der Waals surface area contributed by atoms with Crippen LogP contribution in [0.2, 0.25) is 5.02 Å². The van der Waals surface area contributed by atoms with Crippen LogP contribution in [0.1, 0.15) is 18.4 Å². The predicted octanol–water partition coefficient (Wildman–Crippen LogP) is 2.95. The van der Waals surface area contributed by atoms with Gasteiger partial charge in [0.25, 0.3) is 0 Å². The topological polar surface area (TPSA) is 61.8 Å². The zero-order valence-corrected chi connectivity index (χ0v) is 16.5. The minimum absolute atomic E-state index is 0.0333. The average Bonchev–Trinajstić information content (AvgIpc) is 2.66. The molecule has 1 aromatic rings. The normalized spacial score (nSPS) is 16.7. The Hall–Kier alpha value is -2.00. The third kappa shape index (κ3) is 6.87. The second-order valence-electron chi connectivity index (χ2n) is 6.36. The summed E-state index contributed by atoms with van der Waals surface area (Å²) in [5, 5.41) is 6.30. The van der Waals surface area contributed by atoms with E-state index in [9.17, 15) is 13.2 Å². The van der Waals surface area contributed by atoms with Crippen molar-refractivity contribution in [2.75, 3.05) is 39.8 Å². The molecule has 156 valence electrons. The molecule has 0 aromatic carbocycles. The van der Waals surface area contributed by atoms with Crippen LogP contribution in [0.5, 0.6) is 5.88 Å². The Labute approximate surface area is 167 Å². The van der Waals surface area contributed by atoms with Crippen LogP contribution in [0.4, 0.5) is 13.2 Å². The Morgan fingerprint density at radius 3 is 2.75 bits per heavy atom. The fourth-order valence-electron chi connectivity index (χ4n) is 2.83. The van der Waals surface area contributed by atoms with Crippen molar-refractivity contribution >= 4 is 17.6 Å². The molecule has 2 heterocycles. The van der Waals surface area contributed by atoms with Crippen molar-refractivity contribution in [3.63, 3.8) is 0 Å². The van der Waals surface area contributed by atoms with Crippen LogP contribution in [0.15, 0.2) is 29.9 Å². The number of halogens is 4. The van der Waals surface area contributed by atoms with Crippen LogP contribution in [0.3, 0.4) is 0 Å². The standard InChI is InChI=1S/C18H25ClF3N5O/c1-3-7-27-8-4-14(5-9-27)26-17(23-2)24-6-10-28-16-15(19)11-13(12-25-16)18(20,21)22/h3,11-12,14H,1,4-10H2,2H3,(H2,23,24,26). The molecule has 1 saturated heterocycles. The van der Waals surface area contributed by atoms with Crippen molar-refractivity contribution in [2.24, 2.45) is 4.99 Å². The smallest absolute Gasteiger partial charge is 0.417 e. The lowest BCUT2D eigenvalue weighted by molar-refractivity contribution is -0.137. The third-order valence-electron chi connectivity index (χ3n) is 4.31. The molecule has 0 unspecified atom stereocenters. The van der Waals surface area contributed by atoms with Gasteiger partial charge in [0, 0.05) is 38.9 Å². The maximum Gasteiger partial charge on any atom is 0.417 e. The van der Waals surface area contributed by atoms with E-state index in [1.807, 2.05) is 6.08 Å². The monoisotopic (exact) mass is 419 g/mol. The predicted molar refractivity (Wildman–Crippen MR) is 104 cm³/mol. The lowest BCUT2D eigenvalue weighted by Crippen LogP contribution is -2.49. The number of nitrogens with one attached hydrogen (secondary N) is 2. The van der Waals surface area contributed by atoms with E-state index in [-0.39, 0.29) is 17.5 Å². The molecular formula is C18H25ClF3N5O. The van der Waals surface area contributed by atoms with Crippen LogP contribution in [-0.2, 0) is 6.18 Å². The summed E-state index contributed by atoms with van der Waals surface area (Å²) in [6.45, 7) is 7.24. The van der Waals surface area contributed by atoms with Crippen molar-refractivity contribution in [3.05, 3.63) is 35.5 Å². The van der Waals surface area contributed by atoms with Gasteiger partial charge in [0.1, 0.15) is 11.6 Å². The van der Waals surface area contributed by atoms with Crippen molar-refractivity contribution < 1.29 is 17.9 Å². The third-order valence-corrected chi connectivity index (χ3v) is 4.58. The Kier molecular flexibility index (Phi) is 8.37. The highest BCUT2D eigenvalue weighted by molar-refractivity contribution is 6.31. The van der Waals surface area contributed by atoms with E-state index in [2.05, 4.69) is 32.1 Å². The largest absolute Gasteiger partial charge is 0.475 e. The van der Waals surface area contributed by atoms with Crippen LogP contribution < -0.4 is 15.4 Å². The number of hydrogen-bond donors (Lipinski definition) is 2. The van der Waals surface area contributed by atoms with Gasteiger partial charge in [0.2, 0.25) is 5.88 Å². The number of nitrogens with zero attached hydrogens (tertiary/aromatic N) is 3. The minimum Gasteiger partial charge on any atom is -0.475 e. The van der Waals surface area contributed by atoms with Gasteiger partial charge in [0.15, 0.2) is 5.96 Å². The van der Waals surface area contributed by atoms with Crippen LogP contribution in [0, 0.1) is 0 Å². The number of aliphatic imine (C=N–C) groups is 1. The number of pyridine rings is 1. The number of likely N-dealkylation sites (tertiary alicyclic amines) is 1. The van der Waals surface area contributed by atoms with Gasteiger partial charge < -0.3 is 15.4 Å². The average molecular weight is 420 g/mol. The molecule has 2 rings (SSSR count). The van der Waals surface area contributed by atoms with Crippen LogP contribution in [0.25, 0.3) is 0 Å². The molecule has 0 aliphatic carbocycles. The molecule has 1 aliphatic rings. The van der Waals surface area contributed by atoms with Gasteiger partial charge in [-0.1, -0.05) is 17.7 Å². The molecule has 0 atom stereocenters. The summed E-state index contributed by atoms with van der Waals surface area (Å²) in [5.41, 5.74) is -0.910. The Morgan fingerprint density at radius 2 is 2.18 bits per heavy atom. The molecule has 1 aliphatic heterocycles. The van der Waals surface area contributed by atoms with Crippen molar-refractivity contribution in [1.29, 1.82) is 0 Å². The van der Waals surface area contributed by atoms with Crippen LogP contribution in [-0.4, -0.2) is 61.7 Å². The molecule has 6 nitrogen and oxygen atoms in total. The van der Waals surface area contributed by atoms with E-state index in [1.54, 1.807) is 7.05 Å². The Balaban J connectivity index is 1.73. The molecule has 0 amide bonds.